The molecule has 4 heterocycles. The number of anilines is 6. The third-order valence-electron chi connectivity index (χ3n) is 8.99. The summed E-state index contributed by atoms with van der Waals surface area (Å²) in [6, 6.07) is 21.5. The van der Waals surface area contributed by atoms with Gasteiger partial charge in [0, 0.05) is 26.2 Å². The van der Waals surface area contributed by atoms with Crippen LogP contribution in [0.2, 0.25) is 0 Å². The minimum Gasteiger partial charge on any atom is -0.382 e. The summed E-state index contributed by atoms with van der Waals surface area (Å²) in [7, 11) is 0. The van der Waals surface area contributed by atoms with Gasteiger partial charge in [0.05, 0.1) is 11.4 Å². The lowest BCUT2D eigenvalue weighted by molar-refractivity contribution is 0.504. The SMILES string of the molecule is CCCc1nc(N)nc(N)c1N1CCC(c2ccccc2)CC1.CCc1nc(N)nc(N)c1N1CCC(c2ccccc2)CC1. The number of hydrogen-bond acceptors (Lipinski definition) is 10. The quantitative estimate of drug-likeness (QED) is 0.209. The number of piperidine rings is 2. The van der Waals surface area contributed by atoms with Crippen LogP contribution in [-0.2, 0) is 12.8 Å². The second-order valence-corrected chi connectivity index (χ2v) is 12.0. The van der Waals surface area contributed by atoms with Gasteiger partial charge in [-0.3, -0.25) is 0 Å². The second-order valence-electron chi connectivity index (χ2n) is 12.0. The number of nitrogens with two attached hydrogens (primary N) is 4. The van der Waals surface area contributed by atoms with Crippen LogP contribution in [0.1, 0.15) is 80.3 Å². The van der Waals surface area contributed by atoms with Gasteiger partial charge < -0.3 is 32.7 Å². The summed E-state index contributed by atoms with van der Waals surface area (Å²) in [5, 5.41) is 0. The third kappa shape index (κ3) is 7.74. The van der Waals surface area contributed by atoms with Crippen LogP contribution in [0.15, 0.2) is 60.7 Å². The smallest absolute Gasteiger partial charge is 0.222 e. The molecule has 0 atom stereocenters. The van der Waals surface area contributed by atoms with Crippen molar-refractivity contribution in [2.45, 2.75) is 70.6 Å². The van der Waals surface area contributed by atoms with E-state index in [1.165, 1.54) is 11.1 Å². The fraction of sp³-hybridized carbons (Fsp3) is 0.429. The highest BCUT2D eigenvalue weighted by molar-refractivity contribution is 5.69. The average molecular weight is 609 g/mol. The molecule has 0 amide bonds. The van der Waals surface area contributed by atoms with E-state index in [2.05, 4.69) is 104 Å². The number of nitrogen functional groups attached to an aromatic ring is 4. The molecule has 2 aliphatic heterocycles. The van der Waals surface area contributed by atoms with Gasteiger partial charge in [0.2, 0.25) is 11.9 Å². The van der Waals surface area contributed by atoms with Gasteiger partial charge in [-0.2, -0.15) is 9.97 Å². The number of nitrogens with zero attached hydrogens (tertiary/aromatic N) is 6. The van der Waals surface area contributed by atoms with Gasteiger partial charge in [0.1, 0.15) is 11.4 Å². The Hall–Kier alpha value is -4.60. The molecule has 10 nitrogen and oxygen atoms in total. The Morgan fingerprint density at radius 3 is 1.38 bits per heavy atom. The van der Waals surface area contributed by atoms with E-state index in [-0.39, 0.29) is 11.9 Å². The van der Waals surface area contributed by atoms with E-state index in [9.17, 15) is 0 Å². The van der Waals surface area contributed by atoms with Crippen molar-refractivity contribution in [2.24, 2.45) is 0 Å². The average Bonchev–Trinajstić information content (AvgIpc) is 3.06. The lowest BCUT2D eigenvalue weighted by atomic mass is 9.89. The molecule has 2 aromatic carbocycles. The first-order valence-electron chi connectivity index (χ1n) is 16.3. The molecule has 8 N–H and O–H groups in total. The standard InChI is InChI=1S/C18H25N5.C17H23N5/c1-2-6-15-16(17(19)22-18(20)21-15)23-11-9-14(10-12-23)13-7-4-3-5-8-13;1-2-14-15(16(18)21-17(19)20-14)22-10-8-13(9-11-22)12-6-4-3-5-7-12/h3-5,7-8,14H,2,6,9-12H2,1H3,(H4,19,20,21,22);3-7,13H,2,8-11H2,1H3,(H4,18,19,20,21). The maximum Gasteiger partial charge on any atom is 0.222 e. The van der Waals surface area contributed by atoms with E-state index < -0.39 is 0 Å². The van der Waals surface area contributed by atoms with Crippen LogP contribution < -0.4 is 32.7 Å². The van der Waals surface area contributed by atoms with Crippen molar-refractivity contribution in [2.75, 3.05) is 58.9 Å². The molecule has 0 spiro atoms. The summed E-state index contributed by atoms with van der Waals surface area (Å²) in [6.45, 7) is 8.12. The van der Waals surface area contributed by atoms with Crippen molar-refractivity contribution in [3.63, 3.8) is 0 Å². The van der Waals surface area contributed by atoms with Crippen LogP contribution in [0, 0.1) is 0 Å². The summed E-state index contributed by atoms with van der Waals surface area (Å²) in [5.41, 5.74) is 30.5. The predicted molar refractivity (Wildman–Crippen MR) is 186 cm³/mol. The van der Waals surface area contributed by atoms with Crippen LogP contribution in [0.25, 0.3) is 0 Å². The molecule has 0 bridgehead atoms. The molecular formula is C35H48N10. The molecule has 0 aliphatic carbocycles. The van der Waals surface area contributed by atoms with Crippen molar-refractivity contribution in [1.29, 1.82) is 0 Å². The largest absolute Gasteiger partial charge is 0.382 e. The number of aromatic nitrogens is 4. The van der Waals surface area contributed by atoms with Crippen molar-refractivity contribution in [3.8, 4) is 0 Å². The van der Waals surface area contributed by atoms with E-state index >= 15 is 0 Å². The molecule has 45 heavy (non-hydrogen) atoms. The van der Waals surface area contributed by atoms with Gasteiger partial charge in [-0.25, -0.2) is 9.97 Å². The summed E-state index contributed by atoms with van der Waals surface area (Å²) < 4.78 is 0. The van der Waals surface area contributed by atoms with Crippen molar-refractivity contribution < 1.29 is 0 Å². The summed E-state index contributed by atoms with van der Waals surface area (Å²) in [4.78, 5) is 21.7. The molecule has 6 rings (SSSR count). The van der Waals surface area contributed by atoms with E-state index in [0.29, 0.717) is 23.5 Å². The fourth-order valence-corrected chi connectivity index (χ4v) is 6.75. The Morgan fingerprint density at radius 1 is 0.578 bits per heavy atom. The van der Waals surface area contributed by atoms with Gasteiger partial charge in [0.25, 0.3) is 0 Å². The van der Waals surface area contributed by atoms with Crippen LogP contribution >= 0.6 is 0 Å². The number of benzene rings is 2. The molecule has 0 saturated carbocycles. The lowest BCUT2D eigenvalue weighted by Gasteiger charge is -2.35. The Labute approximate surface area is 267 Å². The molecule has 2 saturated heterocycles. The minimum atomic E-state index is 0.261. The second kappa shape index (κ2) is 14.9. The highest BCUT2D eigenvalue weighted by Gasteiger charge is 2.26. The van der Waals surface area contributed by atoms with E-state index in [1.54, 1.807) is 0 Å². The minimum absolute atomic E-state index is 0.261. The van der Waals surface area contributed by atoms with Crippen molar-refractivity contribution in [3.05, 3.63) is 83.2 Å². The van der Waals surface area contributed by atoms with Gasteiger partial charge in [-0.05, 0) is 61.5 Å². The third-order valence-corrected chi connectivity index (χ3v) is 8.99. The maximum atomic E-state index is 6.16. The van der Waals surface area contributed by atoms with Crippen LogP contribution in [0.3, 0.4) is 0 Å². The van der Waals surface area contributed by atoms with Gasteiger partial charge in [0.15, 0.2) is 11.6 Å². The van der Waals surface area contributed by atoms with Crippen molar-refractivity contribution in [1.82, 2.24) is 19.9 Å². The molecule has 10 heteroatoms. The van der Waals surface area contributed by atoms with E-state index in [1.807, 2.05) is 0 Å². The zero-order valence-electron chi connectivity index (χ0n) is 26.7. The van der Waals surface area contributed by atoms with Gasteiger partial charge >= 0.3 is 0 Å². The Balaban J connectivity index is 0.000000178. The molecule has 0 unspecified atom stereocenters. The number of aryl methyl sites for hydroxylation is 2. The maximum absolute atomic E-state index is 6.16. The molecular weight excluding hydrogens is 560 g/mol. The van der Waals surface area contributed by atoms with Crippen LogP contribution in [0.4, 0.5) is 34.9 Å². The van der Waals surface area contributed by atoms with Crippen molar-refractivity contribution >= 4 is 34.9 Å². The van der Waals surface area contributed by atoms with Gasteiger partial charge in [-0.1, -0.05) is 80.9 Å². The molecule has 2 aliphatic rings. The molecule has 2 fully saturated rings. The number of rotatable bonds is 7. The summed E-state index contributed by atoms with van der Waals surface area (Å²) in [5.74, 6) is 2.80. The lowest BCUT2D eigenvalue weighted by Crippen LogP contribution is -2.34. The highest BCUT2D eigenvalue weighted by Crippen LogP contribution is 2.35. The molecule has 4 aromatic rings. The predicted octanol–water partition coefficient (Wildman–Crippen LogP) is 5.56. The normalized spacial score (nSPS) is 15.9. The Bertz CT molecular complexity index is 1510. The summed E-state index contributed by atoms with van der Waals surface area (Å²) >= 11 is 0. The van der Waals surface area contributed by atoms with Gasteiger partial charge in [-0.15, -0.1) is 0 Å². The zero-order valence-corrected chi connectivity index (χ0v) is 26.7. The highest BCUT2D eigenvalue weighted by atomic mass is 15.2. The monoisotopic (exact) mass is 608 g/mol. The zero-order chi connectivity index (χ0) is 31.8. The van der Waals surface area contributed by atoms with E-state index in [4.69, 9.17) is 22.9 Å². The van der Waals surface area contributed by atoms with E-state index in [0.717, 1.165) is 93.9 Å². The van der Waals surface area contributed by atoms with Crippen LogP contribution in [-0.4, -0.2) is 46.1 Å². The molecule has 238 valence electrons. The number of hydrogen-bond donors (Lipinski definition) is 4. The first kappa shape index (κ1) is 31.8. The fourth-order valence-electron chi connectivity index (χ4n) is 6.75. The topological polar surface area (TPSA) is 162 Å². The summed E-state index contributed by atoms with van der Waals surface area (Å²) in [6.07, 6.45) is 7.20. The Kier molecular flexibility index (Phi) is 10.5. The molecule has 2 aromatic heterocycles. The first-order chi connectivity index (χ1) is 21.9. The Morgan fingerprint density at radius 2 is 0.978 bits per heavy atom. The molecule has 0 radical (unpaired) electrons. The first-order valence-corrected chi connectivity index (χ1v) is 16.3. The van der Waals surface area contributed by atoms with Crippen LogP contribution in [0.5, 0.6) is 0 Å².